The molecule has 0 aliphatic carbocycles. The minimum atomic E-state index is -3.64. The van der Waals surface area contributed by atoms with Gasteiger partial charge in [0.05, 0.1) is 11.6 Å². The number of hydrogen-bond acceptors (Lipinski definition) is 4. The van der Waals surface area contributed by atoms with Crippen LogP contribution in [0.15, 0.2) is 35.5 Å². The molecule has 7 heteroatoms. The van der Waals surface area contributed by atoms with Gasteiger partial charge >= 0.3 is 0 Å². The van der Waals surface area contributed by atoms with Gasteiger partial charge in [0.25, 0.3) is 10.0 Å². The number of nitrogens with one attached hydrogen (secondary N) is 1. The van der Waals surface area contributed by atoms with E-state index >= 15 is 0 Å². The number of nitrogens with zero attached hydrogens (tertiary/aromatic N) is 3. The average Bonchev–Trinajstić information content (AvgIpc) is 2.78. The molecule has 104 valence electrons. The second-order valence-corrected chi connectivity index (χ2v) is 6.09. The number of aryl methyl sites for hydroxylation is 2. The van der Waals surface area contributed by atoms with Crippen LogP contribution in [0, 0.1) is 18.3 Å². The maximum absolute atomic E-state index is 12.1. The number of benzene rings is 1. The van der Waals surface area contributed by atoms with E-state index in [2.05, 4.69) is 9.71 Å². The molecular formula is C13H14N4O2S. The second-order valence-electron chi connectivity index (χ2n) is 4.37. The van der Waals surface area contributed by atoms with E-state index in [9.17, 15) is 8.42 Å². The maximum atomic E-state index is 12.1. The van der Waals surface area contributed by atoms with Crippen LogP contribution in [0.2, 0.25) is 0 Å². The molecule has 1 N–H and O–H groups in total. The van der Waals surface area contributed by atoms with Crippen LogP contribution in [0.1, 0.15) is 17.0 Å². The van der Waals surface area contributed by atoms with Crippen molar-refractivity contribution in [1.29, 1.82) is 5.26 Å². The summed E-state index contributed by atoms with van der Waals surface area (Å²) in [4.78, 5) is 3.99. The van der Waals surface area contributed by atoms with Gasteiger partial charge in [-0.25, -0.2) is 18.1 Å². The summed E-state index contributed by atoms with van der Waals surface area (Å²) in [6.45, 7) is 1.85. The topological polar surface area (TPSA) is 87.8 Å². The fraction of sp³-hybridized carbons (Fsp3) is 0.231. The molecular weight excluding hydrogens is 276 g/mol. The fourth-order valence-corrected chi connectivity index (χ4v) is 2.71. The Morgan fingerprint density at radius 2 is 2.20 bits per heavy atom. The van der Waals surface area contributed by atoms with Crippen LogP contribution in [-0.4, -0.2) is 18.0 Å². The molecule has 0 aliphatic rings. The molecule has 0 atom stereocenters. The van der Waals surface area contributed by atoms with Gasteiger partial charge in [0.2, 0.25) is 0 Å². The predicted octanol–water partition coefficient (Wildman–Crippen LogP) is 1.08. The van der Waals surface area contributed by atoms with Gasteiger partial charge in [-0.3, -0.25) is 0 Å². The zero-order chi connectivity index (χ0) is 14.8. The van der Waals surface area contributed by atoms with Gasteiger partial charge in [-0.2, -0.15) is 5.26 Å². The maximum Gasteiger partial charge on any atom is 0.259 e. The van der Waals surface area contributed by atoms with E-state index in [0.717, 1.165) is 5.56 Å². The smallest absolute Gasteiger partial charge is 0.259 e. The Labute approximate surface area is 117 Å². The summed E-state index contributed by atoms with van der Waals surface area (Å²) in [6.07, 6.45) is 1.46. The normalized spacial score (nSPS) is 11.2. The van der Waals surface area contributed by atoms with Crippen molar-refractivity contribution in [3.8, 4) is 6.07 Å². The highest BCUT2D eigenvalue weighted by atomic mass is 32.2. The summed E-state index contributed by atoms with van der Waals surface area (Å²) in [5.41, 5.74) is 1.22. The van der Waals surface area contributed by atoms with E-state index in [1.54, 1.807) is 42.8 Å². The highest BCUT2D eigenvalue weighted by Gasteiger charge is 2.17. The number of aromatic nitrogens is 2. The monoisotopic (exact) mass is 290 g/mol. The third kappa shape index (κ3) is 3.04. The Balaban J connectivity index is 2.15. The second kappa shape index (κ2) is 5.45. The molecule has 0 bridgehead atoms. The van der Waals surface area contributed by atoms with E-state index in [-0.39, 0.29) is 11.6 Å². The van der Waals surface area contributed by atoms with Crippen molar-refractivity contribution in [2.75, 3.05) is 0 Å². The molecule has 0 radical (unpaired) electrons. The molecule has 0 amide bonds. The SMILES string of the molecule is Cc1nc(S(=O)(=O)NCc2cccc(C#N)c2)cn1C. The van der Waals surface area contributed by atoms with Crippen LogP contribution in [0.25, 0.3) is 0 Å². The third-order valence-electron chi connectivity index (χ3n) is 2.88. The first-order valence-corrected chi connectivity index (χ1v) is 7.39. The van der Waals surface area contributed by atoms with Crippen LogP contribution in [-0.2, 0) is 23.6 Å². The van der Waals surface area contributed by atoms with Gasteiger partial charge in [-0.15, -0.1) is 0 Å². The van der Waals surface area contributed by atoms with Gasteiger partial charge in [0, 0.05) is 19.8 Å². The Morgan fingerprint density at radius 3 is 2.80 bits per heavy atom. The van der Waals surface area contributed by atoms with Crippen molar-refractivity contribution in [1.82, 2.24) is 14.3 Å². The first-order valence-electron chi connectivity index (χ1n) is 5.91. The summed E-state index contributed by atoms with van der Waals surface area (Å²) in [6, 6.07) is 8.80. The molecule has 1 aromatic heterocycles. The van der Waals surface area contributed by atoms with E-state index in [1.807, 2.05) is 6.07 Å². The van der Waals surface area contributed by atoms with E-state index in [1.165, 1.54) is 6.20 Å². The first-order chi connectivity index (χ1) is 9.42. The van der Waals surface area contributed by atoms with Crippen LogP contribution >= 0.6 is 0 Å². The van der Waals surface area contributed by atoms with E-state index < -0.39 is 10.0 Å². The Morgan fingerprint density at radius 1 is 1.45 bits per heavy atom. The number of imidazole rings is 1. The standard InChI is InChI=1S/C13H14N4O2S/c1-10-16-13(9-17(10)2)20(18,19)15-8-12-5-3-4-11(6-12)7-14/h3-6,9,15H,8H2,1-2H3. The van der Waals surface area contributed by atoms with Gasteiger partial charge in [-0.1, -0.05) is 12.1 Å². The lowest BCUT2D eigenvalue weighted by Gasteiger charge is -2.04. The molecule has 0 saturated carbocycles. The lowest BCUT2D eigenvalue weighted by molar-refractivity contribution is 0.578. The van der Waals surface area contributed by atoms with E-state index in [0.29, 0.717) is 11.4 Å². The molecule has 1 heterocycles. The third-order valence-corrected chi connectivity index (χ3v) is 4.16. The lowest BCUT2D eigenvalue weighted by Crippen LogP contribution is -2.23. The Hall–Kier alpha value is -2.17. The molecule has 0 spiro atoms. The molecule has 0 fully saturated rings. The van der Waals surface area contributed by atoms with Crippen molar-refractivity contribution in [3.63, 3.8) is 0 Å². The van der Waals surface area contributed by atoms with Crippen LogP contribution < -0.4 is 4.72 Å². The first kappa shape index (κ1) is 14.2. The van der Waals surface area contributed by atoms with Gasteiger partial charge < -0.3 is 4.57 Å². The Kier molecular flexibility index (Phi) is 3.88. The zero-order valence-electron chi connectivity index (χ0n) is 11.2. The van der Waals surface area contributed by atoms with Gasteiger partial charge in [-0.05, 0) is 24.6 Å². The van der Waals surface area contributed by atoms with Crippen LogP contribution in [0.5, 0.6) is 0 Å². The number of rotatable bonds is 4. The summed E-state index contributed by atoms with van der Waals surface area (Å²) < 4.78 is 28.3. The van der Waals surface area contributed by atoms with Crippen LogP contribution in [0.4, 0.5) is 0 Å². The van der Waals surface area contributed by atoms with Gasteiger partial charge in [0.15, 0.2) is 5.03 Å². The summed E-state index contributed by atoms with van der Waals surface area (Å²) in [5.74, 6) is 0.622. The number of sulfonamides is 1. The lowest BCUT2D eigenvalue weighted by atomic mass is 10.1. The molecule has 1 aromatic carbocycles. The molecule has 2 aromatic rings. The summed E-state index contributed by atoms with van der Waals surface area (Å²) in [7, 11) is -1.91. The minimum Gasteiger partial charge on any atom is -0.337 e. The molecule has 20 heavy (non-hydrogen) atoms. The highest BCUT2D eigenvalue weighted by Crippen LogP contribution is 2.09. The quantitative estimate of drug-likeness (QED) is 0.912. The highest BCUT2D eigenvalue weighted by molar-refractivity contribution is 7.89. The number of hydrogen-bond donors (Lipinski definition) is 1. The largest absolute Gasteiger partial charge is 0.337 e. The molecule has 0 saturated heterocycles. The fourth-order valence-electron chi connectivity index (χ4n) is 1.66. The van der Waals surface area contributed by atoms with Gasteiger partial charge in [0.1, 0.15) is 5.82 Å². The average molecular weight is 290 g/mol. The van der Waals surface area contributed by atoms with Crippen molar-refractivity contribution in [3.05, 3.63) is 47.4 Å². The summed E-state index contributed by atoms with van der Waals surface area (Å²) >= 11 is 0. The zero-order valence-corrected chi connectivity index (χ0v) is 12.0. The predicted molar refractivity (Wildman–Crippen MR) is 73.1 cm³/mol. The van der Waals surface area contributed by atoms with Crippen molar-refractivity contribution < 1.29 is 8.42 Å². The molecule has 6 nitrogen and oxygen atoms in total. The summed E-state index contributed by atoms with van der Waals surface area (Å²) in [5, 5.41) is 8.79. The molecule has 0 aliphatic heterocycles. The van der Waals surface area contributed by atoms with Crippen molar-refractivity contribution in [2.45, 2.75) is 18.5 Å². The van der Waals surface area contributed by atoms with Crippen molar-refractivity contribution in [2.24, 2.45) is 7.05 Å². The van der Waals surface area contributed by atoms with Crippen LogP contribution in [0.3, 0.4) is 0 Å². The minimum absolute atomic E-state index is 0.00561. The number of nitriles is 1. The molecule has 0 unspecified atom stereocenters. The van der Waals surface area contributed by atoms with E-state index in [4.69, 9.17) is 5.26 Å². The Bertz CT molecular complexity index is 752. The molecule has 2 rings (SSSR count). The van der Waals surface area contributed by atoms with Crippen molar-refractivity contribution >= 4 is 10.0 Å².